The molecule has 0 bridgehead atoms. The smallest absolute Gasteiger partial charge is 0.253 e. The number of carbonyl (C=O) groups is 2. The quantitative estimate of drug-likeness (QED) is 0.582. The van der Waals surface area contributed by atoms with E-state index >= 15 is 0 Å². The van der Waals surface area contributed by atoms with Gasteiger partial charge in [0.05, 0.1) is 6.20 Å². The molecule has 0 saturated carbocycles. The van der Waals surface area contributed by atoms with Crippen LogP contribution in [0, 0.1) is 6.92 Å². The number of aryl methyl sites for hydroxylation is 1. The Bertz CT molecular complexity index is 1200. The van der Waals surface area contributed by atoms with Crippen LogP contribution in [-0.4, -0.2) is 71.0 Å². The largest absolute Gasteiger partial charge is 0.506 e. The van der Waals surface area contributed by atoms with Gasteiger partial charge in [-0.3, -0.25) is 14.6 Å². The second-order valence-corrected chi connectivity index (χ2v) is 8.77. The summed E-state index contributed by atoms with van der Waals surface area (Å²) in [7, 11) is 0. The first-order valence-corrected chi connectivity index (χ1v) is 12.1. The van der Waals surface area contributed by atoms with Crippen LogP contribution < -0.4 is 4.90 Å². The van der Waals surface area contributed by atoms with Gasteiger partial charge in [0.15, 0.2) is 0 Å². The molecule has 7 nitrogen and oxygen atoms in total. The summed E-state index contributed by atoms with van der Waals surface area (Å²) >= 11 is 0. The van der Waals surface area contributed by atoms with Crippen molar-refractivity contribution in [3.05, 3.63) is 77.6 Å². The van der Waals surface area contributed by atoms with E-state index in [0.717, 1.165) is 35.5 Å². The molecule has 1 aliphatic rings. The second-order valence-electron chi connectivity index (χ2n) is 8.77. The standard InChI is InChI=1S/C28H32N4O3/c1-4-30(5-2)27(34)21-6-9-24(10-7-21)31-12-14-32(15-13-31)28(35)22-8-11-26(20(3)16-22)23-17-25(33)19-29-18-23/h6-11,16-19,33H,4-5,12-15H2,1-3H3. The van der Waals surface area contributed by atoms with Gasteiger partial charge in [-0.05, 0) is 74.4 Å². The number of hydrogen-bond donors (Lipinski definition) is 1. The number of amides is 2. The first-order valence-electron chi connectivity index (χ1n) is 12.1. The van der Waals surface area contributed by atoms with E-state index in [-0.39, 0.29) is 17.6 Å². The van der Waals surface area contributed by atoms with Crippen LogP contribution in [-0.2, 0) is 0 Å². The van der Waals surface area contributed by atoms with Crippen LogP contribution in [0.5, 0.6) is 5.75 Å². The number of nitrogens with zero attached hydrogens (tertiary/aromatic N) is 4. The molecule has 2 amide bonds. The van der Waals surface area contributed by atoms with E-state index in [9.17, 15) is 14.7 Å². The molecule has 0 atom stereocenters. The average molecular weight is 473 g/mol. The molecule has 1 aromatic heterocycles. The van der Waals surface area contributed by atoms with E-state index in [2.05, 4.69) is 9.88 Å². The Balaban J connectivity index is 1.38. The molecule has 1 aliphatic heterocycles. The molecule has 0 radical (unpaired) electrons. The average Bonchev–Trinajstić information content (AvgIpc) is 2.89. The Morgan fingerprint density at radius 2 is 1.57 bits per heavy atom. The first-order chi connectivity index (χ1) is 16.9. The molecule has 1 N–H and O–H groups in total. The Hall–Kier alpha value is -3.87. The highest BCUT2D eigenvalue weighted by atomic mass is 16.3. The SMILES string of the molecule is CCN(CC)C(=O)c1ccc(N2CCN(C(=O)c3ccc(-c4cncc(O)c4)c(C)c3)CC2)cc1. The van der Waals surface area contributed by atoms with Crippen LogP contribution in [0.4, 0.5) is 5.69 Å². The molecular weight excluding hydrogens is 440 g/mol. The van der Waals surface area contributed by atoms with Gasteiger partial charge in [0, 0.05) is 67.8 Å². The van der Waals surface area contributed by atoms with Crippen molar-refractivity contribution in [3.63, 3.8) is 0 Å². The number of aromatic hydroxyl groups is 1. The third kappa shape index (κ3) is 5.29. The Morgan fingerprint density at radius 1 is 0.914 bits per heavy atom. The molecule has 2 heterocycles. The van der Waals surface area contributed by atoms with Gasteiger partial charge in [-0.1, -0.05) is 6.07 Å². The number of rotatable bonds is 6. The summed E-state index contributed by atoms with van der Waals surface area (Å²) in [6, 6.07) is 15.1. The third-order valence-corrected chi connectivity index (χ3v) is 6.61. The molecule has 0 unspecified atom stereocenters. The Kier molecular flexibility index (Phi) is 7.34. The van der Waals surface area contributed by atoms with Crippen LogP contribution in [0.2, 0.25) is 0 Å². The van der Waals surface area contributed by atoms with Crippen molar-refractivity contribution in [1.82, 2.24) is 14.8 Å². The summed E-state index contributed by atoms with van der Waals surface area (Å²) < 4.78 is 0. The number of pyridine rings is 1. The van der Waals surface area contributed by atoms with Crippen molar-refractivity contribution in [2.24, 2.45) is 0 Å². The topological polar surface area (TPSA) is 77.0 Å². The molecule has 1 saturated heterocycles. The fourth-order valence-electron chi connectivity index (χ4n) is 4.55. The lowest BCUT2D eigenvalue weighted by molar-refractivity contribution is 0.0744. The highest BCUT2D eigenvalue weighted by Gasteiger charge is 2.23. The van der Waals surface area contributed by atoms with Gasteiger partial charge in [0.2, 0.25) is 0 Å². The number of carbonyl (C=O) groups excluding carboxylic acids is 2. The Morgan fingerprint density at radius 3 is 2.17 bits per heavy atom. The molecule has 3 aromatic rings. The van der Waals surface area contributed by atoms with E-state index in [1.165, 1.54) is 6.20 Å². The van der Waals surface area contributed by atoms with Crippen molar-refractivity contribution in [2.45, 2.75) is 20.8 Å². The molecule has 2 aromatic carbocycles. The number of anilines is 1. The lowest BCUT2D eigenvalue weighted by Crippen LogP contribution is -2.48. The summed E-state index contributed by atoms with van der Waals surface area (Å²) in [4.78, 5) is 35.7. The monoisotopic (exact) mass is 472 g/mol. The number of benzene rings is 2. The van der Waals surface area contributed by atoms with Gasteiger partial charge in [0.25, 0.3) is 11.8 Å². The van der Waals surface area contributed by atoms with Crippen LogP contribution in [0.15, 0.2) is 60.9 Å². The summed E-state index contributed by atoms with van der Waals surface area (Å²) in [6.07, 6.45) is 3.10. The molecule has 182 valence electrons. The van der Waals surface area contributed by atoms with Gasteiger partial charge in [-0.25, -0.2) is 0 Å². The maximum absolute atomic E-state index is 13.2. The zero-order valence-corrected chi connectivity index (χ0v) is 20.6. The molecular formula is C28H32N4O3. The van der Waals surface area contributed by atoms with Gasteiger partial charge < -0.3 is 19.8 Å². The maximum atomic E-state index is 13.2. The number of hydrogen-bond acceptors (Lipinski definition) is 5. The minimum Gasteiger partial charge on any atom is -0.506 e. The van der Waals surface area contributed by atoms with E-state index in [1.807, 2.05) is 73.0 Å². The highest BCUT2D eigenvalue weighted by Crippen LogP contribution is 2.27. The summed E-state index contributed by atoms with van der Waals surface area (Å²) in [5.41, 5.74) is 5.14. The predicted molar refractivity (Wildman–Crippen MR) is 138 cm³/mol. The zero-order chi connectivity index (χ0) is 24.9. The second kappa shape index (κ2) is 10.6. The van der Waals surface area contributed by atoms with E-state index in [4.69, 9.17) is 0 Å². The third-order valence-electron chi connectivity index (χ3n) is 6.61. The minimum absolute atomic E-state index is 0.0218. The van der Waals surface area contributed by atoms with Gasteiger partial charge >= 0.3 is 0 Å². The molecule has 7 heteroatoms. The molecule has 35 heavy (non-hydrogen) atoms. The minimum atomic E-state index is 0.0218. The highest BCUT2D eigenvalue weighted by molar-refractivity contribution is 5.96. The van der Waals surface area contributed by atoms with Crippen molar-refractivity contribution in [3.8, 4) is 16.9 Å². The molecule has 0 spiro atoms. The van der Waals surface area contributed by atoms with E-state index in [1.54, 1.807) is 12.3 Å². The summed E-state index contributed by atoms with van der Waals surface area (Å²) in [6.45, 7) is 10.1. The van der Waals surface area contributed by atoms with Crippen molar-refractivity contribution in [1.29, 1.82) is 0 Å². The van der Waals surface area contributed by atoms with Crippen LogP contribution in [0.25, 0.3) is 11.1 Å². The lowest BCUT2D eigenvalue weighted by atomic mass is 9.99. The zero-order valence-electron chi connectivity index (χ0n) is 20.6. The van der Waals surface area contributed by atoms with E-state index in [0.29, 0.717) is 37.3 Å². The van der Waals surface area contributed by atoms with Gasteiger partial charge in [-0.15, -0.1) is 0 Å². The summed E-state index contributed by atoms with van der Waals surface area (Å²) in [5, 5.41) is 9.72. The van der Waals surface area contributed by atoms with Crippen molar-refractivity contribution < 1.29 is 14.7 Å². The van der Waals surface area contributed by atoms with Crippen molar-refractivity contribution in [2.75, 3.05) is 44.2 Å². The lowest BCUT2D eigenvalue weighted by Gasteiger charge is -2.36. The van der Waals surface area contributed by atoms with Crippen LogP contribution >= 0.6 is 0 Å². The predicted octanol–water partition coefficient (Wildman–Crippen LogP) is 4.21. The normalized spacial score (nSPS) is 13.6. The molecule has 0 aliphatic carbocycles. The van der Waals surface area contributed by atoms with Crippen LogP contribution in [0.3, 0.4) is 0 Å². The van der Waals surface area contributed by atoms with Gasteiger partial charge in [-0.2, -0.15) is 0 Å². The fraction of sp³-hybridized carbons (Fsp3) is 0.321. The van der Waals surface area contributed by atoms with Crippen LogP contribution in [0.1, 0.15) is 40.1 Å². The maximum Gasteiger partial charge on any atom is 0.253 e. The Labute approximate surface area is 206 Å². The molecule has 4 rings (SSSR count). The summed E-state index contributed by atoms with van der Waals surface area (Å²) in [5.74, 6) is 0.192. The molecule has 1 fully saturated rings. The first kappa shape index (κ1) is 24.3. The fourth-order valence-corrected chi connectivity index (χ4v) is 4.55. The van der Waals surface area contributed by atoms with E-state index < -0.39 is 0 Å². The number of piperazine rings is 1. The van der Waals surface area contributed by atoms with Gasteiger partial charge in [0.1, 0.15) is 5.75 Å². The van der Waals surface area contributed by atoms with Crippen molar-refractivity contribution >= 4 is 17.5 Å². The number of aromatic nitrogens is 1.